The Bertz CT molecular complexity index is 597. The minimum atomic E-state index is 0.611. The highest BCUT2D eigenvalue weighted by molar-refractivity contribution is 9.10. The van der Waals surface area contributed by atoms with Crippen molar-refractivity contribution in [2.24, 2.45) is 0 Å². The van der Waals surface area contributed by atoms with Gasteiger partial charge in [0.25, 0.3) is 5.78 Å². The Morgan fingerprint density at radius 3 is 2.62 bits per heavy atom. The van der Waals surface area contributed by atoms with Crippen molar-refractivity contribution >= 4 is 21.7 Å². The highest BCUT2D eigenvalue weighted by atomic mass is 79.9. The molecule has 3 aromatic rings. The van der Waals surface area contributed by atoms with Crippen LogP contribution in [0.4, 0.5) is 0 Å². The third-order valence-electron chi connectivity index (χ3n) is 2.26. The van der Waals surface area contributed by atoms with E-state index in [-0.39, 0.29) is 0 Å². The number of hydrogen-bond donors (Lipinski definition) is 0. The van der Waals surface area contributed by atoms with Gasteiger partial charge in [0.1, 0.15) is 0 Å². The van der Waals surface area contributed by atoms with E-state index < -0.39 is 0 Å². The number of benzene rings is 1. The lowest BCUT2D eigenvalue weighted by Gasteiger charge is -1.94. The lowest BCUT2D eigenvalue weighted by atomic mass is 10.2. The molecule has 0 saturated heterocycles. The van der Waals surface area contributed by atoms with Crippen LogP contribution in [0.3, 0.4) is 0 Å². The SMILES string of the molecule is Brc1ccc(-c2cn3nccnc3n2)cc1. The summed E-state index contributed by atoms with van der Waals surface area (Å²) in [5.41, 5.74) is 1.93. The minimum Gasteiger partial charge on any atom is -0.218 e. The largest absolute Gasteiger partial charge is 0.251 e. The van der Waals surface area contributed by atoms with Gasteiger partial charge in [-0.15, -0.1) is 0 Å². The fourth-order valence-corrected chi connectivity index (χ4v) is 1.76. The maximum absolute atomic E-state index is 4.39. The van der Waals surface area contributed by atoms with Crippen molar-refractivity contribution in [3.8, 4) is 11.3 Å². The molecule has 4 nitrogen and oxygen atoms in total. The average Bonchev–Trinajstić information content (AvgIpc) is 2.73. The molecule has 0 unspecified atom stereocenters. The van der Waals surface area contributed by atoms with E-state index in [0.29, 0.717) is 5.78 Å². The fourth-order valence-electron chi connectivity index (χ4n) is 1.50. The lowest BCUT2D eigenvalue weighted by molar-refractivity contribution is 0.902. The molecule has 0 atom stereocenters. The smallest absolute Gasteiger partial charge is 0.218 e. The highest BCUT2D eigenvalue weighted by Crippen LogP contribution is 2.20. The molecule has 5 heteroatoms. The van der Waals surface area contributed by atoms with Gasteiger partial charge in [-0.3, -0.25) is 0 Å². The van der Waals surface area contributed by atoms with Crippen LogP contribution in [0.5, 0.6) is 0 Å². The zero-order valence-electron chi connectivity index (χ0n) is 8.21. The highest BCUT2D eigenvalue weighted by Gasteiger charge is 2.04. The number of imidazole rings is 1. The first-order valence-electron chi connectivity index (χ1n) is 4.75. The summed E-state index contributed by atoms with van der Waals surface area (Å²) in [7, 11) is 0. The molecular formula is C11H7BrN4. The van der Waals surface area contributed by atoms with Gasteiger partial charge >= 0.3 is 0 Å². The standard InChI is InChI=1S/C11H7BrN4/c12-9-3-1-8(2-4-9)10-7-16-11(15-10)13-5-6-14-16/h1-7H. The minimum absolute atomic E-state index is 0.611. The molecule has 0 saturated carbocycles. The van der Waals surface area contributed by atoms with E-state index in [9.17, 15) is 0 Å². The number of hydrogen-bond acceptors (Lipinski definition) is 3. The van der Waals surface area contributed by atoms with Crippen LogP contribution < -0.4 is 0 Å². The van der Waals surface area contributed by atoms with Crippen molar-refractivity contribution in [3.63, 3.8) is 0 Å². The summed E-state index contributed by atoms with van der Waals surface area (Å²) in [4.78, 5) is 8.51. The molecule has 0 aliphatic rings. The third-order valence-corrected chi connectivity index (χ3v) is 2.79. The van der Waals surface area contributed by atoms with Gasteiger partial charge in [-0.25, -0.2) is 14.5 Å². The molecule has 0 amide bonds. The Morgan fingerprint density at radius 2 is 1.88 bits per heavy atom. The summed E-state index contributed by atoms with van der Waals surface area (Å²) >= 11 is 3.40. The fraction of sp³-hybridized carbons (Fsp3) is 0. The van der Waals surface area contributed by atoms with E-state index in [1.807, 2.05) is 30.5 Å². The number of aromatic nitrogens is 4. The molecule has 1 aromatic carbocycles. The summed E-state index contributed by atoms with van der Waals surface area (Å²) < 4.78 is 2.72. The van der Waals surface area contributed by atoms with Crippen molar-refractivity contribution in [1.82, 2.24) is 19.6 Å². The zero-order valence-corrected chi connectivity index (χ0v) is 9.79. The lowest BCUT2D eigenvalue weighted by Crippen LogP contribution is -1.89. The Morgan fingerprint density at radius 1 is 1.06 bits per heavy atom. The van der Waals surface area contributed by atoms with Crippen molar-refractivity contribution < 1.29 is 0 Å². The summed E-state index contributed by atoms with van der Waals surface area (Å²) in [6.07, 6.45) is 5.14. The van der Waals surface area contributed by atoms with Gasteiger partial charge in [-0.1, -0.05) is 28.1 Å². The second kappa shape index (κ2) is 3.68. The monoisotopic (exact) mass is 274 g/mol. The van der Waals surface area contributed by atoms with Gasteiger partial charge in [0.15, 0.2) is 0 Å². The summed E-state index contributed by atoms with van der Waals surface area (Å²) in [6.45, 7) is 0. The van der Waals surface area contributed by atoms with Crippen LogP contribution in [-0.2, 0) is 0 Å². The van der Waals surface area contributed by atoms with Crippen molar-refractivity contribution in [2.75, 3.05) is 0 Å². The van der Waals surface area contributed by atoms with Crippen molar-refractivity contribution in [2.45, 2.75) is 0 Å². The number of rotatable bonds is 1. The Balaban J connectivity index is 2.15. The molecule has 2 heterocycles. The molecule has 0 N–H and O–H groups in total. The first-order valence-corrected chi connectivity index (χ1v) is 5.54. The molecule has 0 aliphatic carbocycles. The van der Waals surface area contributed by atoms with Crippen LogP contribution >= 0.6 is 15.9 Å². The second-order valence-corrected chi connectivity index (χ2v) is 4.24. The van der Waals surface area contributed by atoms with Gasteiger partial charge < -0.3 is 0 Å². The van der Waals surface area contributed by atoms with Crippen LogP contribution in [0.1, 0.15) is 0 Å². The topological polar surface area (TPSA) is 43.1 Å². The molecule has 0 fully saturated rings. The third kappa shape index (κ3) is 1.59. The van der Waals surface area contributed by atoms with Crippen LogP contribution in [0, 0.1) is 0 Å². The number of halogens is 1. The molecular weight excluding hydrogens is 268 g/mol. The quantitative estimate of drug-likeness (QED) is 0.685. The summed E-state index contributed by atoms with van der Waals surface area (Å²) in [5.74, 6) is 0.611. The van der Waals surface area contributed by atoms with Gasteiger partial charge in [-0.2, -0.15) is 5.10 Å². The maximum atomic E-state index is 4.39. The summed E-state index contributed by atoms with van der Waals surface area (Å²) in [5, 5.41) is 4.13. The normalized spacial score (nSPS) is 10.8. The molecule has 0 aliphatic heterocycles. The van der Waals surface area contributed by atoms with Crippen LogP contribution in [0.15, 0.2) is 47.3 Å². The van der Waals surface area contributed by atoms with E-state index in [1.54, 1.807) is 16.9 Å². The van der Waals surface area contributed by atoms with Gasteiger partial charge in [0, 0.05) is 10.0 Å². The maximum Gasteiger partial charge on any atom is 0.251 e. The molecule has 0 radical (unpaired) electrons. The Hall–Kier alpha value is -1.75. The first kappa shape index (κ1) is 9.47. The molecule has 0 bridgehead atoms. The van der Waals surface area contributed by atoms with Gasteiger partial charge in [0.05, 0.1) is 24.3 Å². The predicted molar refractivity (Wildman–Crippen MR) is 63.9 cm³/mol. The Kier molecular flexibility index (Phi) is 2.18. The molecule has 16 heavy (non-hydrogen) atoms. The van der Waals surface area contributed by atoms with Crippen LogP contribution in [0.25, 0.3) is 17.0 Å². The van der Waals surface area contributed by atoms with Crippen LogP contribution in [-0.4, -0.2) is 19.6 Å². The van der Waals surface area contributed by atoms with Gasteiger partial charge in [0.2, 0.25) is 0 Å². The molecule has 78 valence electrons. The van der Waals surface area contributed by atoms with Crippen molar-refractivity contribution in [1.29, 1.82) is 0 Å². The van der Waals surface area contributed by atoms with E-state index in [4.69, 9.17) is 0 Å². The van der Waals surface area contributed by atoms with Crippen molar-refractivity contribution in [3.05, 3.63) is 47.3 Å². The summed E-state index contributed by atoms with van der Waals surface area (Å²) in [6, 6.07) is 7.98. The van der Waals surface area contributed by atoms with E-state index >= 15 is 0 Å². The molecule has 0 spiro atoms. The first-order chi connectivity index (χ1) is 7.83. The Labute approximate surface area is 100 Å². The van der Waals surface area contributed by atoms with Gasteiger partial charge in [-0.05, 0) is 12.1 Å². The average molecular weight is 275 g/mol. The predicted octanol–water partition coefficient (Wildman–Crippen LogP) is 2.55. The molecule has 3 rings (SSSR count). The second-order valence-electron chi connectivity index (χ2n) is 3.32. The van der Waals surface area contributed by atoms with E-state index in [2.05, 4.69) is 31.0 Å². The number of fused-ring (bicyclic) bond motifs is 1. The van der Waals surface area contributed by atoms with E-state index in [1.165, 1.54) is 0 Å². The molecule has 2 aromatic heterocycles. The number of nitrogens with zero attached hydrogens (tertiary/aromatic N) is 4. The van der Waals surface area contributed by atoms with E-state index in [0.717, 1.165) is 15.7 Å². The van der Waals surface area contributed by atoms with Crippen LogP contribution in [0.2, 0.25) is 0 Å². The zero-order chi connectivity index (χ0) is 11.0.